The van der Waals surface area contributed by atoms with Gasteiger partial charge in [0.2, 0.25) is 0 Å². The highest BCUT2D eigenvalue weighted by atomic mass is 15.3. The second-order valence-corrected chi connectivity index (χ2v) is 13.1. The van der Waals surface area contributed by atoms with E-state index < -0.39 is 0 Å². The summed E-state index contributed by atoms with van der Waals surface area (Å²) in [4.78, 5) is 2.22. The molecule has 0 atom stereocenters. The molecule has 0 heterocycles. The van der Waals surface area contributed by atoms with Crippen molar-refractivity contribution in [2.24, 2.45) is 5.10 Å². The Morgan fingerprint density at radius 2 is 0.860 bits per heavy atom. The standard InChI is InChI=1S/C40H77N3/c1-5-7-9-11-13-15-17-19-21-23-25-27-29-31-33-35-37-40(42-41-38-39-43(3)4)36-34-32-30-28-26-24-22-20-18-16-14-12-10-8-6-2/h13,15,18-21,41H,5-12,14,16-17,22-39H2,1-4H3/b15-13-,20-18-,21-19-,42-40+. The van der Waals surface area contributed by atoms with Gasteiger partial charge in [0.25, 0.3) is 0 Å². The van der Waals surface area contributed by atoms with Crippen molar-refractivity contribution in [1.29, 1.82) is 0 Å². The fraction of sp³-hybridized carbons (Fsp3) is 0.825. The molecule has 0 aromatic carbocycles. The third kappa shape index (κ3) is 36.7. The van der Waals surface area contributed by atoms with E-state index in [4.69, 9.17) is 5.10 Å². The molecule has 0 aliphatic carbocycles. The van der Waals surface area contributed by atoms with Crippen LogP contribution in [0.5, 0.6) is 0 Å². The zero-order valence-corrected chi connectivity index (χ0v) is 29.9. The third-order valence-corrected chi connectivity index (χ3v) is 8.30. The molecule has 0 radical (unpaired) electrons. The predicted octanol–water partition coefficient (Wildman–Crippen LogP) is 12.7. The lowest BCUT2D eigenvalue weighted by atomic mass is 10.0. The maximum Gasteiger partial charge on any atom is 0.0456 e. The maximum atomic E-state index is 4.83. The van der Waals surface area contributed by atoms with Crippen LogP contribution in [0.1, 0.15) is 187 Å². The van der Waals surface area contributed by atoms with Crippen molar-refractivity contribution in [3.63, 3.8) is 0 Å². The zero-order chi connectivity index (χ0) is 31.3. The van der Waals surface area contributed by atoms with E-state index in [9.17, 15) is 0 Å². The van der Waals surface area contributed by atoms with Crippen LogP contribution in [-0.4, -0.2) is 37.8 Å². The van der Waals surface area contributed by atoms with E-state index in [1.165, 1.54) is 173 Å². The number of allylic oxidation sites excluding steroid dienone is 6. The number of hydrazone groups is 1. The molecule has 0 aromatic heterocycles. The van der Waals surface area contributed by atoms with Crippen LogP contribution in [0.3, 0.4) is 0 Å². The molecule has 0 aliphatic heterocycles. The number of likely N-dealkylation sites (N-methyl/N-ethyl adjacent to an activating group) is 1. The summed E-state index contributed by atoms with van der Waals surface area (Å²) in [7, 11) is 4.25. The van der Waals surface area contributed by atoms with E-state index in [2.05, 4.69) is 74.7 Å². The summed E-state index contributed by atoms with van der Waals surface area (Å²) in [5.41, 5.74) is 4.76. The van der Waals surface area contributed by atoms with Gasteiger partial charge in [-0.1, -0.05) is 140 Å². The van der Waals surface area contributed by atoms with Crippen LogP contribution in [-0.2, 0) is 0 Å². The van der Waals surface area contributed by atoms with Crippen molar-refractivity contribution >= 4 is 5.71 Å². The van der Waals surface area contributed by atoms with Crippen LogP contribution in [0.15, 0.2) is 41.6 Å². The van der Waals surface area contributed by atoms with Crippen molar-refractivity contribution in [1.82, 2.24) is 10.3 Å². The normalized spacial score (nSPS) is 12.6. The highest BCUT2D eigenvalue weighted by Crippen LogP contribution is 2.14. The van der Waals surface area contributed by atoms with E-state index in [0.717, 1.165) is 19.5 Å². The lowest BCUT2D eigenvalue weighted by Crippen LogP contribution is -2.24. The monoisotopic (exact) mass is 600 g/mol. The first-order valence-corrected chi connectivity index (χ1v) is 19.1. The quantitative estimate of drug-likeness (QED) is 0.0345. The predicted molar refractivity (Wildman–Crippen MR) is 197 cm³/mol. The smallest absolute Gasteiger partial charge is 0.0456 e. The lowest BCUT2D eigenvalue weighted by Gasteiger charge is -2.11. The summed E-state index contributed by atoms with van der Waals surface area (Å²) < 4.78 is 0. The Hall–Kier alpha value is -1.35. The average Bonchev–Trinajstić information content (AvgIpc) is 3.00. The molecule has 0 spiro atoms. The third-order valence-electron chi connectivity index (χ3n) is 8.30. The van der Waals surface area contributed by atoms with Gasteiger partial charge in [-0.2, -0.15) is 5.10 Å². The van der Waals surface area contributed by atoms with Gasteiger partial charge in [-0.25, -0.2) is 0 Å². The largest absolute Gasteiger partial charge is 0.309 e. The molecule has 3 heteroatoms. The van der Waals surface area contributed by atoms with E-state index in [-0.39, 0.29) is 0 Å². The molecule has 0 bridgehead atoms. The van der Waals surface area contributed by atoms with Gasteiger partial charge < -0.3 is 10.3 Å². The summed E-state index contributed by atoms with van der Waals surface area (Å²) in [6, 6.07) is 0. The van der Waals surface area contributed by atoms with Crippen LogP contribution in [0.25, 0.3) is 0 Å². The van der Waals surface area contributed by atoms with Crippen molar-refractivity contribution in [2.45, 2.75) is 187 Å². The number of nitrogens with zero attached hydrogens (tertiary/aromatic N) is 2. The van der Waals surface area contributed by atoms with Crippen molar-refractivity contribution in [3.05, 3.63) is 36.5 Å². The first kappa shape index (κ1) is 41.7. The molecule has 0 saturated carbocycles. The van der Waals surface area contributed by atoms with Crippen LogP contribution in [0, 0.1) is 0 Å². The fourth-order valence-electron chi connectivity index (χ4n) is 5.40. The Labute approximate surface area is 271 Å². The van der Waals surface area contributed by atoms with Crippen LogP contribution in [0.2, 0.25) is 0 Å². The molecular formula is C40H77N3. The molecule has 252 valence electrons. The van der Waals surface area contributed by atoms with Gasteiger partial charge in [-0.3, -0.25) is 0 Å². The van der Waals surface area contributed by atoms with Gasteiger partial charge in [0.15, 0.2) is 0 Å². The van der Waals surface area contributed by atoms with Gasteiger partial charge in [0.1, 0.15) is 0 Å². The molecule has 0 rings (SSSR count). The molecule has 0 aliphatic rings. The average molecular weight is 600 g/mol. The van der Waals surface area contributed by atoms with Crippen molar-refractivity contribution in [3.8, 4) is 0 Å². The van der Waals surface area contributed by atoms with E-state index in [1.807, 2.05) is 0 Å². The fourth-order valence-corrected chi connectivity index (χ4v) is 5.40. The van der Waals surface area contributed by atoms with Gasteiger partial charge in [-0.05, 0) is 97.6 Å². The molecule has 0 fully saturated rings. The number of nitrogens with one attached hydrogen (secondary N) is 1. The van der Waals surface area contributed by atoms with E-state index in [0.29, 0.717) is 0 Å². The van der Waals surface area contributed by atoms with Gasteiger partial charge in [0, 0.05) is 18.8 Å². The molecule has 0 unspecified atom stereocenters. The van der Waals surface area contributed by atoms with E-state index in [1.54, 1.807) is 0 Å². The summed E-state index contributed by atoms with van der Waals surface area (Å²) in [6.07, 6.45) is 50.1. The summed E-state index contributed by atoms with van der Waals surface area (Å²) in [5.74, 6) is 0. The molecule has 0 saturated heterocycles. The number of hydrogen-bond acceptors (Lipinski definition) is 3. The first-order valence-electron chi connectivity index (χ1n) is 19.1. The number of rotatable bonds is 34. The highest BCUT2D eigenvalue weighted by molar-refractivity contribution is 5.84. The minimum absolute atomic E-state index is 0.938. The minimum Gasteiger partial charge on any atom is -0.309 e. The zero-order valence-electron chi connectivity index (χ0n) is 29.9. The van der Waals surface area contributed by atoms with Gasteiger partial charge in [-0.15, -0.1) is 0 Å². The molecule has 0 amide bonds. The Bertz CT molecular complexity index is 646. The second kappa shape index (κ2) is 36.8. The molecular weight excluding hydrogens is 522 g/mol. The maximum absolute atomic E-state index is 4.83. The Morgan fingerprint density at radius 3 is 1.33 bits per heavy atom. The SMILES string of the molecule is CCCCC/C=C\C/C=C\CCCCCCCC/C(CCCCCCCC/C=C\CCCCCCC)=N/NCCN(C)C. The molecule has 3 nitrogen and oxygen atoms in total. The number of hydrogen-bond donors (Lipinski definition) is 1. The van der Waals surface area contributed by atoms with Gasteiger partial charge in [0.05, 0.1) is 0 Å². The molecule has 1 N–H and O–H groups in total. The topological polar surface area (TPSA) is 27.6 Å². The Balaban J connectivity index is 3.86. The van der Waals surface area contributed by atoms with Crippen LogP contribution < -0.4 is 5.43 Å². The van der Waals surface area contributed by atoms with Crippen LogP contribution >= 0.6 is 0 Å². The molecule has 43 heavy (non-hydrogen) atoms. The van der Waals surface area contributed by atoms with Crippen LogP contribution in [0.4, 0.5) is 0 Å². The summed E-state index contributed by atoms with van der Waals surface area (Å²) in [6.45, 7) is 6.53. The Morgan fingerprint density at radius 1 is 0.488 bits per heavy atom. The highest BCUT2D eigenvalue weighted by Gasteiger charge is 2.02. The Kier molecular flexibility index (Phi) is 35.7. The van der Waals surface area contributed by atoms with Gasteiger partial charge >= 0.3 is 0 Å². The van der Waals surface area contributed by atoms with E-state index >= 15 is 0 Å². The minimum atomic E-state index is 0.938. The summed E-state index contributed by atoms with van der Waals surface area (Å²) >= 11 is 0. The summed E-state index contributed by atoms with van der Waals surface area (Å²) in [5, 5.41) is 4.83. The van der Waals surface area contributed by atoms with Crippen molar-refractivity contribution in [2.75, 3.05) is 27.2 Å². The number of unbranched alkanes of at least 4 members (excludes halogenated alkanes) is 20. The lowest BCUT2D eigenvalue weighted by molar-refractivity contribution is 0.402. The van der Waals surface area contributed by atoms with Crippen molar-refractivity contribution < 1.29 is 0 Å². The first-order chi connectivity index (χ1) is 21.2. The second-order valence-electron chi connectivity index (χ2n) is 13.1. The molecule has 0 aromatic rings.